The van der Waals surface area contributed by atoms with E-state index in [9.17, 15) is 9.59 Å². The van der Waals surface area contributed by atoms with Gasteiger partial charge < -0.3 is 4.74 Å². The van der Waals surface area contributed by atoms with E-state index in [1.165, 1.54) is 22.3 Å². The predicted octanol–water partition coefficient (Wildman–Crippen LogP) is 7.19. The van der Waals surface area contributed by atoms with Gasteiger partial charge in [0, 0.05) is 16.0 Å². The summed E-state index contributed by atoms with van der Waals surface area (Å²) in [6, 6.07) is 28.5. The van der Waals surface area contributed by atoms with Gasteiger partial charge in [0.05, 0.1) is 11.3 Å². The molecule has 4 aromatic rings. The summed E-state index contributed by atoms with van der Waals surface area (Å²) in [5, 5.41) is 0. The number of hydrogen-bond donors (Lipinski definition) is 0. The Balaban J connectivity index is 0.000000142. The first-order valence-corrected chi connectivity index (χ1v) is 12.2. The Morgan fingerprint density at radius 3 is 1.97 bits per heavy atom. The van der Waals surface area contributed by atoms with Crippen molar-refractivity contribution >= 4 is 23.3 Å². The summed E-state index contributed by atoms with van der Waals surface area (Å²) < 4.78 is 5.48. The van der Waals surface area contributed by atoms with Crippen molar-refractivity contribution in [2.24, 2.45) is 0 Å². The molecule has 2 aliphatic rings. The molecule has 0 saturated carbocycles. The molecule has 3 nitrogen and oxygen atoms in total. The Kier molecular flexibility index (Phi) is 6.08. The number of fused-ring (bicyclic) bond motifs is 2. The monoisotopic (exact) mass is 464 g/mol. The fourth-order valence-electron chi connectivity index (χ4n) is 4.11. The second kappa shape index (κ2) is 9.32. The highest BCUT2D eigenvalue weighted by atomic mass is 32.2. The first-order valence-electron chi connectivity index (χ1n) is 11.2. The van der Waals surface area contributed by atoms with Gasteiger partial charge in [0.1, 0.15) is 5.75 Å². The molecule has 0 amide bonds. The summed E-state index contributed by atoms with van der Waals surface area (Å²) in [5.74, 6) is 1.63. The molecule has 0 spiro atoms. The number of ether oxygens (including phenoxy) is 1. The summed E-state index contributed by atoms with van der Waals surface area (Å²) in [5.41, 5.74) is 8.53. The lowest BCUT2D eigenvalue weighted by atomic mass is 10.00. The van der Waals surface area contributed by atoms with Crippen molar-refractivity contribution in [3.8, 4) is 28.0 Å². The second-order valence-electron chi connectivity index (χ2n) is 8.55. The largest absolute Gasteiger partial charge is 0.484 e. The zero-order valence-electron chi connectivity index (χ0n) is 19.1. The highest BCUT2D eigenvalue weighted by molar-refractivity contribution is 8.00. The number of thioether (sulfide) groups is 1. The van der Waals surface area contributed by atoms with Crippen molar-refractivity contribution in [3.63, 3.8) is 0 Å². The average molecular weight is 465 g/mol. The van der Waals surface area contributed by atoms with Crippen LogP contribution in [0.4, 0.5) is 0 Å². The van der Waals surface area contributed by atoms with Gasteiger partial charge in [0.15, 0.2) is 12.4 Å². The van der Waals surface area contributed by atoms with E-state index in [1.807, 2.05) is 30.3 Å². The Morgan fingerprint density at radius 1 is 0.647 bits per heavy atom. The molecule has 0 aliphatic carbocycles. The third-order valence-corrected chi connectivity index (χ3v) is 7.11. The average Bonchev–Trinajstić information content (AvgIpc) is 3.43. The zero-order valence-corrected chi connectivity index (χ0v) is 19.9. The minimum Gasteiger partial charge on any atom is -0.484 e. The molecule has 0 N–H and O–H groups in total. The number of ketones is 2. The van der Waals surface area contributed by atoms with Crippen LogP contribution in [-0.2, 0) is 0 Å². The summed E-state index contributed by atoms with van der Waals surface area (Å²) in [7, 11) is 0. The molecule has 0 bridgehead atoms. The Labute approximate surface area is 203 Å². The van der Waals surface area contributed by atoms with Crippen molar-refractivity contribution in [2.45, 2.75) is 18.7 Å². The standard InChI is InChI=1S/C15H12O2.C15H12OS/c1-10-5-7-11(8-6-10)12-3-2-4-13-14(16)9-17-15(12)13;1-10-2-4-11(5-3-10)12-6-7-13-14(16)9-17-15(13)8-12/h2*2-8H,9H2,1H3. The lowest BCUT2D eigenvalue weighted by Gasteiger charge is -2.07. The van der Waals surface area contributed by atoms with Gasteiger partial charge in [0.25, 0.3) is 0 Å². The van der Waals surface area contributed by atoms with Crippen LogP contribution in [0.25, 0.3) is 22.3 Å². The number of carbonyl (C=O) groups is 2. The third-order valence-electron chi connectivity index (χ3n) is 6.05. The van der Waals surface area contributed by atoms with E-state index in [1.54, 1.807) is 11.8 Å². The number of carbonyl (C=O) groups excluding carboxylic acids is 2. The van der Waals surface area contributed by atoms with Crippen LogP contribution in [0.1, 0.15) is 31.8 Å². The fraction of sp³-hybridized carbons (Fsp3) is 0.133. The number of benzene rings is 4. The molecule has 4 heteroatoms. The summed E-state index contributed by atoms with van der Waals surface area (Å²) in [4.78, 5) is 24.2. The van der Waals surface area contributed by atoms with Gasteiger partial charge in [-0.1, -0.05) is 77.9 Å². The van der Waals surface area contributed by atoms with E-state index >= 15 is 0 Å². The van der Waals surface area contributed by atoms with E-state index in [2.05, 4.69) is 68.4 Å². The van der Waals surface area contributed by atoms with Crippen LogP contribution in [0.3, 0.4) is 0 Å². The minimum absolute atomic E-state index is 0.0639. The van der Waals surface area contributed by atoms with E-state index < -0.39 is 0 Å². The van der Waals surface area contributed by atoms with Gasteiger partial charge in [-0.05, 0) is 48.7 Å². The van der Waals surface area contributed by atoms with E-state index in [0.29, 0.717) is 11.3 Å². The molecule has 0 saturated heterocycles. The third kappa shape index (κ3) is 4.42. The van der Waals surface area contributed by atoms with Crippen molar-refractivity contribution < 1.29 is 14.3 Å². The van der Waals surface area contributed by atoms with Gasteiger partial charge in [-0.2, -0.15) is 0 Å². The summed E-state index contributed by atoms with van der Waals surface area (Å²) >= 11 is 1.64. The van der Waals surface area contributed by atoms with Crippen molar-refractivity contribution in [1.82, 2.24) is 0 Å². The summed E-state index contributed by atoms with van der Waals surface area (Å²) in [6.45, 7) is 4.30. The lowest BCUT2D eigenvalue weighted by molar-refractivity contribution is 0.0960. The van der Waals surface area contributed by atoms with Crippen molar-refractivity contribution in [1.29, 1.82) is 0 Å². The van der Waals surface area contributed by atoms with E-state index in [0.717, 1.165) is 27.3 Å². The molecule has 168 valence electrons. The molecule has 2 aliphatic heterocycles. The van der Waals surface area contributed by atoms with Crippen LogP contribution in [0.2, 0.25) is 0 Å². The predicted molar refractivity (Wildman–Crippen MR) is 138 cm³/mol. The van der Waals surface area contributed by atoms with Gasteiger partial charge in [0.2, 0.25) is 5.78 Å². The molecular weight excluding hydrogens is 440 g/mol. The second-order valence-corrected chi connectivity index (χ2v) is 9.57. The summed E-state index contributed by atoms with van der Waals surface area (Å²) in [6.07, 6.45) is 0. The van der Waals surface area contributed by atoms with Crippen molar-refractivity contribution in [2.75, 3.05) is 12.4 Å². The van der Waals surface area contributed by atoms with Crippen LogP contribution in [0.15, 0.2) is 89.8 Å². The topological polar surface area (TPSA) is 43.4 Å². The van der Waals surface area contributed by atoms with E-state index in [-0.39, 0.29) is 18.2 Å². The normalized spacial score (nSPS) is 13.6. The number of rotatable bonds is 2. The molecule has 0 fully saturated rings. The molecule has 6 rings (SSSR count). The lowest BCUT2D eigenvalue weighted by Crippen LogP contribution is -1.98. The Hall–Kier alpha value is -3.63. The first-order chi connectivity index (χ1) is 16.5. The maximum absolute atomic E-state index is 11.6. The highest BCUT2D eigenvalue weighted by Gasteiger charge is 2.24. The van der Waals surface area contributed by atoms with Gasteiger partial charge in [-0.3, -0.25) is 9.59 Å². The van der Waals surface area contributed by atoms with Crippen LogP contribution < -0.4 is 4.74 Å². The highest BCUT2D eigenvalue weighted by Crippen LogP contribution is 2.37. The molecule has 0 radical (unpaired) electrons. The molecule has 2 heterocycles. The van der Waals surface area contributed by atoms with Gasteiger partial charge in [-0.25, -0.2) is 0 Å². The van der Waals surface area contributed by atoms with Crippen LogP contribution in [0, 0.1) is 13.8 Å². The number of hydrogen-bond acceptors (Lipinski definition) is 4. The van der Waals surface area contributed by atoms with Gasteiger partial charge >= 0.3 is 0 Å². The first kappa shape index (κ1) is 22.2. The van der Waals surface area contributed by atoms with Crippen LogP contribution in [-0.4, -0.2) is 23.9 Å². The van der Waals surface area contributed by atoms with E-state index in [4.69, 9.17) is 4.74 Å². The minimum atomic E-state index is 0.0639. The molecular formula is C30H24O3S. The maximum atomic E-state index is 11.6. The smallest absolute Gasteiger partial charge is 0.203 e. The molecule has 0 unspecified atom stereocenters. The number of para-hydroxylation sites is 1. The molecule has 0 aromatic heterocycles. The SMILES string of the molecule is Cc1ccc(-c2ccc3c(c2)SCC3=O)cc1.Cc1ccc(-c2cccc3c2OCC3=O)cc1. The fourth-order valence-corrected chi connectivity index (χ4v) is 5.10. The van der Waals surface area contributed by atoms with Crippen LogP contribution in [0.5, 0.6) is 5.75 Å². The Bertz CT molecular complexity index is 1390. The quantitative estimate of drug-likeness (QED) is 0.315. The van der Waals surface area contributed by atoms with Crippen LogP contribution >= 0.6 is 11.8 Å². The molecule has 34 heavy (non-hydrogen) atoms. The zero-order chi connectivity index (χ0) is 23.7. The molecule has 0 atom stereocenters. The number of aryl methyl sites for hydroxylation is 2. The number of Topliss-reactive ketones (excluding diaryl/α,β-unsaturated/α-hetero) is 2. The van der Waals surface area contributed by atoms with Gasteiger partial charge in [-0.15, -0.1) is 11.8 Å². The molecule has 4 aromatic carbocycles. The van der Waals surface area contributed by atoms with Crippen molar-refractivity contribution in [3.05, 3.63) is 107 Å². The maximum Gasteiger partial charge on any atom is 0.203 e. The Morgan fingerprint density at radius 2 is 1.26 bits per heavy atom.